The molecule has 4 heteroatoms. The van der Waals surface area contributed by atoms with Gasteiger partial charge in [0.15, 0.2) is 0 Å². The van der Waals surface area contributed by atoms with Gasteiger partial charge < -0.3 is 11.1 Å². The molecule has 0 aliphatic heterocycles. The number of carbonyl (C=O) groups is 1. The molecule has 0 saturated heterocycles. The Hall–Kier alpha value is -0.610. The minimum atomic E-state index is 0.105. The second kappa shape index (κ2) is 8.97. The Morgan fingerprint density at radius 1 is 1.43 bits per heavy atom. The summed E-state index contributed by atoms with van der Waals surface area (Å²) in [5.41, 5.74) is 5.43. The normalized spacial score (nSPS) is 10.6. The lowest BCUT2D eigenvalue weighted by atomic mass is 10.3. The molecule has 0 atom stereocenters. The highest BCUT2D eigenvalue weighted by atomic mass is 16.2. The first-order valence-corrected chi connectivity index (χ1v) is 5.43. The van der Waals surface area contributed by atoms with E-state index in [1.54, 1.807) is 0 Å². The Balaban J connectivity index is 3.56. The van der Waals surface area contributed by atoms with Gasteiger partial charge in [0.2, 0.25) is 5.91 Å². The van der Waals surface area contributed by atoms with Crippen LogP contribution in [0.4, 0.5) is 0 Å². The van der Waals surface area contributed by atoms with Crippen LogP contribution in [0, 0.1) is 0 Å². The highest BCUT2D eigenvalue weighted by Crippen LogP contribution is 1.87. The Morgan fingerprint density at radius 2 is 2.14 bits per heavy atom. The van der Waals surface area contributed by atoms with Crippen LogP contribution in [0.3, 0.4) is 0 Å². The lowest BCUT2D eigenvalue weighted by Gasteiger charge is -2.18. The summed E-state index contributed by atoms with van der Waals surface area (Å²) in [7, 11) is 0. The first-order valence-electron chi connectivity index (χ1n) is 5.43. The molecule has 14 heavy (non-hydrogen) atoms. The highest BCUT2D eigenvalue weighted by molar-refractivity contribution is 5.77. The summed E-state index contributed by atoms with van der Waals surface area (Å²) in [5, 5.41) is 2.89. The Kier molecular flexibility index (Phi) is 8.57. The monoisotopic (exact) mass is 201 g/mol. The maximum absolute atomic E-state index is 11.4. The van der Waals surface area contributed by atoms with E-state index in [4.69, 9.17) is 5.73 Å². The van der Waals surface area contributed by atoms with Gasteiger partial charge in [-0.1, -0.05) is 20.3 Å². The number of nitrogens with two attached hydrogens (primary N) is 1. The van der Waals surface area contributed by atoms with Crippen molar-refractivity contribution in [2.24, 2.45) is 5.73 Å². The van der Waals surface area contributed by atoms with Gasteiger partial charge in [0.05, 0.1) is 6.54 Å². The number of nitrogens with zero attached hydrogens (tertiary/aromatic N) is 1. The number of hydrogen-bond donors (Lipinski definition) is 2. The van der Waals surface area contributed by atoms with E-state index >= 15 is 0 Å². The molecule has 4 nitrogen and oxygen atoms in total. The summed E-state index contributed by atoms with van der Waals surface area (Å²) in [6, 6.07) is 0. The number of carbonyl (C=O) groups excluding carboxylic acids is 1. The van der Waals surface area contributed by atoms with Crippen LogP contribution in [-0.4, -0.2) is 43.5 Å². The van der Waals surface area contributed by atoms with Crippen molar-refractivity contribution in [3.05, 3.63) is 0 Å². The van der Waals surface area contributed by atoms with Gasteiger partial charge in [-0.2, -0.15) is 0 Å². The highest BCUT2D eigenvalue weighted by Gasteiger charge is 2.06. The van der Waals surface area contributed by atoms with E-state index in [0.29, 0.717) is 13.1 Å². The number of unbranched alkanes of at least 4 members (excludes halogenated alkanes) is 1. The minimum Gasteiger partial charge on any atom is -0.355 e. The van der Waals surface area contributed by atoms with Crippen LogP contribution in [0.1, 0.15) is 26.7 Å². The molecule has 0 bridgehead atoms. The van der Waals surface area contributed by atoms with Gasteiger partial charge in [-0.15, -0.1) is 0 Å². The maximum Gasteiger partial charge on any atom is 0.234 e. The predicted molar refractivity (Wildman–Crippen MR) is 59.1 cm³/mol. The van der Waals surface area contributed by atoms with Gasteiger partial charge >= 0.3 is 0 Å². The minimum absolute atomic E-state index is 0.105. The number of nitrogens with one attached hydrogen (secondary N) is 1. The molecule has 0 aliphatic rings. The molecule has 0 radical (unpaired) electrons. The quantitative estimate of drug-likeness (QED) is 0.551. The number of amides is 1. The molecule has 1 amide bonds. The van der Waals surface area contributed by atoms with E-state index in [1.807, 2.05) is 11.8 Å². The second-order valence-electron chi connectivity index (χ2n) is 3.36. The average molecular weight is 201 g/mol. The van der Waals surface area contributed by atoms with Crippen LogP contribution in [0.25, 0.3) is 0 Å². The standard InChI is InChI=1S/C10H23N3O/c1-3-5-7-12-10(14)9-13(4-2)8-6-11/h3-9,11H2,1-2H3,(H,12,14). The van der Waals surface area contributed by atoms with Gasteiger partial charge in [0.25, 0.3) is 0 Å². The molecule has 0 unspecified atom stereocenters. The molecule has 84 valence electrons. The zero-order valence-corrected chi connectivity index (χ0v) is 9.38. The largest absolute Gasteiger partial charge is 0.355 e. The van der Waals surface area contributed by atoms with E-state index < -0.39 is 0 Å². The first-order chi connectivity index (χ1) is 6.74. The van der Waals surface area contributed by atoms with Crippen molar-refractivity contribution in [2.75, 3.05) is 32.7 Å². The smallest absolute Gasteiger partial charge is 0.234 e. The fourth-order valence-electron chi connectivity index (χ4n) is 1.20. The van der Waals surface area contributed by atoms with E-state index in [1.165, 1.54) is 0 Å². The van der Waals surface area contributed by atoms with Crippen molar-refractivity contribution in [2.45, 2.75) is 26.7 Å². The Labute approximate surface area is 86.8 Å². The summed E-state index contributed by atoms with van der Waals surface area (Å²) < 4.78 is 0. The summed E-state index contributed by atoms with van der Waals surface area (Å²) in [6.07, 6.45) is 2.16. The molecule has 0 fully saturated rings. The summed E-state index contributed by atoms with van der Waals surface area (Å²) >= 11 is 0. The van der Waals surface area contributed by atoms with Crippen molar-refractivity contribution in [3.8, 4) is 0 Å². The van der Waals surface area contributed by atoms with Crippen LogP contribution in [0.2, 0.25) is 0 Å². The zero-order valence-electron chi connectivity index (χ0n) is 9.38. The number of likely N-dealkylation sites (N-methyl/N-ethyl adjacent to an activating group) is 1. The molecule has 0 spiro atoms. The second-order valence-corrected chi connectivity index (χ2v) is 3.36. The predicted octanol–water partition coefficient (Wildman–Crippen LogP) is 0.183. The number of rotatable bonds is 8. The van der Waals surface area contributed by atoms with Gasteiger partial charge in [-0.05, 0) is 13.0 Å². The SMILES string of the molecule is CCCCNC(=O)CN(CC)CCN. The lowest BCUT2D eigenvalue weighted by Crippen LogP contribution is -2.39. The Morgan fingerprint density at radius 3 is 2.64 bits per heavy atom. The zero-order chi connectivity index (χ0) is 10.8. The van der Waals surface area contributed by atoms with Crippen molar-refractivity contribution < 1.29 is 4.79 Å². The maximum atomic E-state index is 11.4. The molecule has 0 rings (SSSR count). The van der Waals surface area contributed by atoms with Crippen molar-refractivity contribution in [1.29, 1.82) is 0 Å². The average Bonchev–Trinajstić information content (AvgIpc) is 2.17. The first kappa shape index (κ1) is 13.4. The fourth-order valence-corrected chi connectivity index (χ4v) is 1.20. The van der Waals surface area contributed by atoms with E-state index in [0.717, 1.165) is 32.5 Å². The summed E-state index contributed by atoms with van der Waals surface area (Å²) in [4.78, 5) is 13.4. The third-order valence-electron chi connectivity index (χ3n) is 2.11. The molecular weight excluding hydrogens is 178 g/mol. The number of hydrogen-bond acceptors (Lipinski definition) is 3. The third-order valence-corrected chi connectivity index (χ3v) is 2.11. The molecule has 0 heterocycles. The lowest BCUT2D eigenvalue weighted by molar-refractivity contribution is -0.122. The molecule has 0 aromatic rings. The van der Waals surface area contributed by atoms with Gasteiger partial charge in [-0.25, -0.2) is 0 Å². The molecule has 0 aromatic carbocycles. The fraction of sp³-hybridized carbons (Fsp3) is 0.900. The van der Waals surface area contributed by atoms with Crippen LogP contribution in [0.5, 0.6) is 0 Å². The van der Waals surface area contributed by atoms with Crippen LogP contribution in [-0.2, 0) is 4.79 Å². The van der Waals surface area contributed by atoms with Gasteiger partial charge in [-0.3, -0.25) is 9.69 Å². The summed E-state index contributed by atoms with van der Waals surface area (Å²) in [6.45, 7) is 7.67. The molecule has 0 saturated carbocycles. The van der Waals surface area contributed by atoms with Gasteiger partial charge in [0.1, 0.15) is 0 Å². The van der Waals surface area contributed by atoms with Crippen molar-refractivity contribution >= 4 is 5.91 Å². The van der Waals surface area contributed by atoms with Gasteiger partial charge in [0, 0.05) is 19.6 Å². The Bertz CT molecular complexity index is 150. The van der Waals surface area contributed by atoms with Crippen molar-refractivity contribution in [3.63, 3.8) is 0 Å². The van der Waals surface area contributed by atoms with Crippen LogP contribution < -0.4 is 11.1 Å². The van der Waals surface area contributed by atoms with Crippen LogP contribution >= 0.6 is 0 Å². The van der Waals surface area contributed by atoms with E-state index in [2.05, 4.69) is 12.2 Å². The van der Waals surface area contributed by atoms with Crippen molar-refractivity contribution in [1.82, 2.24) is 10.2 Å². The molecular formula is C10H23N3O. The van der Waals surface area contributed by atoms with Crippen LogP contribution in [0.15, 0.2) is 0 Å². The van der Waals surface area contributed by atoms with E-state index in [-0.39, 0.29) is 5.91 Å². The molecule has 3 N–H and O–H groups in total. The molecule has 0 aromatic heterocycles. The molecule has 0 aliphatic carbocycles. The summed E-state index contributed by atoms with van der Waals surface area (Å²) in [5.74, 6) is 0.105. The third kappa shape index (κ3) is 6.86. The van der Waals surface area contributed by atoms with E-state index in [9.17, 15) is 4.79 Å². The topological polar surface area (TPSA) is 58.4 Å².